The summed E-state index contributed by atoms with van der Waals surface area (Å²) in [5, 5.41) is 2.71. The molecule has 27 heavy (non-hydrogen) atoms. The first-order valence-corrected chi connectivity index (χ1v) is 10.1. The topological polar surface area (TPSA) is 84.9 Å². The summed E-state index contributed by atoms with van der Waals surface area (Å²) in [4.78, 5) is 11.5. The summed E-state index contributed by atoms with van der Waals surface area (Å²) in [7, 11) is -3.55. The first-order valence-electron chi connectivity index (χ1n) is 8.63. The molecule has 144 valence electrons. The van der Waals surface area contributed by atoms with E-state index in [0.29, 0.717) is 37.7 Å². The molecule has 0 atom stereocenters. The Kier molecular flexibility index (Phi) is 6.10. The second-order valence-corrected chi connectivity index (χ2v) is 8.07. The molecule has 0 spiro atoms. The van der Waals surface area contributed by atoms with Crippen LogP contribution in [0.3, 0.4) is 0 Å². The van der Waals surface area contributed by atoms with Crippen molar-refractivity contribution < 1.29 is 22.7 Å². The summed E-state index contributed by atoms with van der Waals surface area (Å²) >= 11 is 0. The van der Waals surface area contributed by atoms with E-state index in [1.807, 2.05) is 0 Å². The van der Waals surface area contributed by atoms with Gasteiger partial charge in [-0.25, -0.2) is 8.42 Å². The number of benzene rings is 2. The van der Waals surface area contributed by atoms with Crippen molar-refractivity contribution in [2.75, 3.05) is 31.6 Å². The smallest absolute Gasteiger partial charge is 0.243 e. The molecular weight excluding hydrogens is 368 g/mol. The zero-order chi connectivity index (χ0) is 19.3. The number of rotatable bonds is 6. The quantitative estimate of drug-likeness (QED) is 0.818. The fourth-order valence-corrected chi connectivity index (χ4v) is 4.26. The summed E-state index contributed by atoms with van der Waals surface area (Å²) in [6.45, 7) is 3.13. The average molecular weight is 390 g/mol. The van der Waals surface area contributed by atoms with E-state index in [4.69, 9.17) is 9.47 Å². The molecule has 0 saturated carbocycles. The third-order valence-electron chi connectivity index (χ3n) is 4.10. The fourth-order valence-electron chi connectivity index (χ4n) is 2.78. The van der Waals surface area contributed by atoms with E-state index in [9.17, 15) is 13.2 Å². The minimum atomic E-state index is -3.55. The largest absolute Gasteiger partial charge is 0.487 e. The fraction of sp³-hybridized carbons (Fsp3) is 0.316. The molecule has 8 heteroatoms. The van der Waals surface area contributed by atoms with Gasteiger partial charge in [0.25, 0.3) is 0 Å². The Labute approximate surface area is 158 Å². The lowest BCUT2D eigenvalue weighted by Crippen LogP contribution is -2.40. The Morgan fingerprint density at radius 1 is 1.15 bits per heavy atom. The summed E-state index contributed by atoms with van der Waals surface area (Å²) in [5.41, 5.74) is 1.30. The van der Waals surface area contributed by atoms with Crippen LogP contribution in [0.2, 0.25) is 0 Å². The third kappa shape index (κ3) is 4.85. The van der Waals surface area contributed by atoms with E-state index in [-0.39, 0.29) is 17.4 Å². The van der Waals surface area contributed by atoms with Crippen LogP contribution < -0.4 is 10.1 Å². The van der Waals surface area contributed by atoms with Crippen molar-refractivity contribution in [3.63, 3.8) is 0 Å². The Morgan fingerprint density at radius 2 is 1.89 bits per heavy atom. The number of nitrogens with one attached hydrogen (secondary N) is 1. The van der Waals surface area contributed by atoms with Crippen molar-refractivity contribution in [3.8, 4) is 5.75 Å². The van der Waals surface area contributed by atoms with Crippen molar-refractivity contribution in [1.29, 1.82) is 0 Å². The summed E-state index contributed by atoms with van der Waals surface area (Å²) < 4.78 is 38.0. The average Bonchev–Trinajstić information content (AvgIpc) is 2.68. The van der Waals surface area contributed by atoms with Crippen LogP contribution in [0.25, 0.3) is 0 Å². The number of hydrogen-bond donors (Lipinski definition) is 1. The van der Waals surface area contributed by atoms with Crippen LogP contribution in [0.1, 0.15) is 12.5 Å². The van der Waals surface area contributed by atoms with Crippen LogP contribution >= 0.6 is 0 Å². The molecule has 2 aromatic rings. The number of ether oxygens (including phenoxy) is 2. The van der Waals surface area contributed by atoms with E-state index in [0.717, 1.165) is 5.56 Å². The Bertz CT molecular complexity index is 908. The van der Waals surface area contributed by atoms with E-state index in [2.05, 4.69) is 5.32 Å². The number of morpholine rings is 1. The van der Waals surface area contributed by atoms with Gasteiger partial charge in [0.05, 0.1) is 23.8 Å². The van der Waals surface area contributed by atoms with Crippen LogP contribution in [0.4, 0.5) is 5.69 Å². The number of anilines is 1. The molecule has 1 amide bonds. The maximum absolute atomic E-state index is 12.8. The van der Waals surface area contributed by atoms with Crippen molar-refractivity contribution in [1.82, 2.24) is 4.31 Å². The minimum absolute atomic E-state index is 0.184. The van der Waals surface area contributed by atoms with Crippen LogP contribution in [0.5, 0.6) is 5.75 Å². The van der Waals surface area contributed by atoms with Crippen molar-refractivity contribution >= 4 is 21.6 Å². The maximum Gasteiger partial charge on any atom is 0.243 e. The molecule has 1 saturated heterocycles. The molecule has 1 aliphatic heterocycles. The molecule has 7 nitrogen and oxygen atoms in total. The lowest BCUT2D eigenvalue weighted by atomic mass is 10.2. The van der Waals surface area contributed by atoms with Gasteiger partial charge in [0.15, 0.2) is 0 Å². The molecule has 0 bridgehead atoms. The lowest BCUT2D eigenvalue weighted by Gasteiger charge is -2.26. The molecule has 2 aromatic carbocycles. The molecule has 3 rings (SSSR count). The van der Waals surface area contributed by atoms with E-state index < -0.39 is 10.0 Å². The number of sulfonamides is 1. The molecule has 1 fully saturated rings. The number of carbonyl (C=O) groups is 1. The number of amides is 1. The summed E-state index contributed by atoms with van der Waals surface area (Å²) in [6, 6.07) is 13.8. The van der Waals surface area contributed by atoms with Gasteiger partial charge in [-0.15, -0.1) is 0 Å². The first-order chi connectivity index (χ1) is 13.0. The van der Waals surface area contributed by atoms with Crippen LogP contribution in [-0.2, 0) is 26.2 Å². The molecule has 1 heterocycles. The Morgan fingerprint density at radius 3 is 2.63 bits per heavy atom. The van der Waals surface area contributed by atoms with Gasteiger partial charge in [0.2, 0.25) is 15.9 Å². The van der Waals surface area contributed by atoms with Crippen molar-refractivity contribution in [2.24, 2.45) is 0 Å². The molecule has 0 aliphatic carbocycles. The SMILES string of the molecule is CC(=O)Nc1ccccc1OCc1cccc(S(=O)(=O)N2CCOCC2)c1. The highest BCUT2D eigenvalue weighted by Gasteiger charge is 2.26. The molecule has 0 radical (unpaired) electrons. The zero-order valence-corrected chi connectivity index (χ0v) is 15.9. The second-order valence-electron chi connectivity index (χ2n) is 6.13. The van der Waals surface area contributed by atoms with Gasteiger partial charge >= 0.3 is 0 Å². The Hall–Kier alpha value is -2.42. The summed E-state index contributed by atoms with van der Waals surface area (Å²) in [6.07, 6.45) is 0. The van der Waals surface area contributed by atoms with Gasteiger partial charge < -0.3 is 14.8 Å². The summed E-state index contributed by atoms with van der Waals surface area (Å²) in [5.74, 6) is 0.332. The first kappa shape index (κ1) is 19.3. The highest BCUT2D eigenvalue weighted by Crippen LogP contribution is 2.25. The molecule has 1 aliphatic rings. The van der Waals surface area contributed by atoms with Crippen LogP contribution in [-0.4, -0.2) is 44.9 Å². The van der Waals surface area contributed by atoms with Gasteiger partial charge in [-0.1, -0.05) is 24.3 Å². The van der Waals surface area contributed by atoms with Gasteiger partial charge in [0, 0.05) is 20.0 Å². The monoisotopic (exact) mass is 390 g/mol. The highest BCUT2D eigenvalue weighted by molar-refractivity contribution is 7.89. The Balaban J connectivity index is 1.74. The standard InChI is InChI=1S/C19H22N2O5S/c1-15(22)20-18-7-2-3-8-19(18)26-14-16-5-4-6-17(13-16)27(23,24)21-9-11-25-12-10-21/h2-8,13H,9-12,14H2,1H3,(H,20,22). The second kappa shape index (κ2) is 8.51. The normalized spacial score (nSPS) is 15.3. The van der Waals surface area contributed by atoms with E-state index >= 15 is 0 Å². The lowest BCUT2D eigenvalue weighted by molar-refractivity contribution is -0.114. The van der Waals surface area contributed by atoms with Crippen molar-refractivity contribution in [2.45, 2.75) is 18.4 Å². The van der Waals surface area contributed by atoms with Gasteiger partial charge in [-0.3, -0.25) is 4.79 Å². The number of carbonyl (C=O) groups excluding carboxylic acids is 1. The minimum Gasteiger partial charge on any atom is -0.487 e. The van der Waals surface area contributed by atoms with Crippen molar-refractivity contribution in [3.05, 3.63) is 54.1 Å². The molecule has 1 N–H and O–H groups in total. The highest BCUT2D eigenvalue weighted by atomic mass is 32.2. The predicted molar refractivity (Wildman–Crippen MR) is 101 cm³/mol. The van der Waals surface area contributed by atoms with Crippen LogP contribution in [0, 0.1) is 0 Å². The third-order valence-corrected chi connectivity index (χ3v) is 5.99. The number of nitrogens with zero attached hydrogens (tertiary/aromatic N) is 1. The van der Waals surface area contributed by atoms with Gasteiger partial charge in [-0.05, 0) is 29.8 Å². The molecule has 0 unspecified atom stereocenters. The van der Waals surface area contributed by atoms with Gasteiger partial charge in [0.1, 0.15) is 12.4 Å². The maximum atomic E-state index is 12.8. The molecular formula is C19H22N2O5S. The van der Waals surface area contributed by atoms with E-state index in [1.54, 1.807) is 48.5 Å². The number of hydrogen-bond acceptors (Lipinski definition) is 5. The van der Waals surface area contributed by atoms with Gasteiger partial charge in [-0.2, -0.15) is 4.31 Å². The molecule has 0 aromatic heterocycles. The van der Waals surface area contributed by atoms with E-state index in [1.165, 1.54) is 11.2 Å². The predicted octanol–water partition coefficient (Wildman–Crippen LogP) is 2.24. The van der Waals surface area contributed by atoms with Crippen LogP contribution in [0.15, 0.2) is 53.4 Å². The zero-order valence-electron chi connectivity index (χ0n) is 15.1. The number of para-hydroxylation sites is 2.